The lowest BCUT2D eigenvalue weighted by Gasteiger charge is -2.14. The molecule has 2 aromatic rings. The molecule has 1 atom stereocenters. The van der Waals surface area contributed by atoms with Crippen LogP contribution in [0.4, 0.5) is 0 Å². The maximum atomic E-state index is 11.9. The number of hydrogen-bond donors (Lipinski definition) is 1. The molecular formula is C16H14BrClN2O3. The van der Waals surface area contributed by atoms with Gasteiger partial charge in [-0.3, -0.25) is 4.79 Å². The molecule has 0 saturated carbocycles. The van der Waals surface area contributed by atoms with Crippen molar-refractivity contribution in [1.29, 1.82) is 0 Å². The van der Waals surface area contributed by atoms with Gasteiger partial charge in [0.15, 0.2) is 6.61 Å². The summed E-state index contributed by atoms with van der Waals surface area (Å²) < 4.78 is 5.90. The molecule has 0 aliphatic rings. The molecule has 0 bridgehead atoms. The second-order valence-corrected chi connectivity index (χ2v) is 6.03. The van der Waals surface area contributed by atoms with Crippen LogP contribution in [0.25, 0.3) is 0 Å². The Morgan fingerprint density at radius 1 is 1.30 bits per heavy atom. The molecule has 0 spiro atoms. The molecule has 1 amide bonds. The first kappa shape index (κ1) is 17.4. The van der Waals surface area contributed by atoms with Crippen LogP contribution in [0.3, 0.4) is 0 Å². The molecule has 0 aliphatic heterocycles. The molecule has 7 heteroatoms. The number of nitrogens with one attached hydrogen (secondary N) is 1. The summed E-state index contributed by atoms with van der Waals surface area (Å²) in [5.74, 6) is -1.08. The summed E-state index contributed by atoms with van der Waals surface area (Å²) in [6.45, 7) is 1.46. The minimum Gasteiger partial charge on any atom is -0.452 e. The summed E-state index contributed by atoms with van der Waals surface area (Å²) in [4.78, 5) is 27.5. The Morgan fingerprint density at radius 2 is 2.00 bits per heavy atom. The molecule has 23 heavy (non-hydrogen) atoms. The molecule has 1 heterocycles. The lowest BCUT2D eigenvalue weighted by molar-refractivity contribution is -0.124. The van der Waals surface area contributed by atoms with Gasteiger partial charge in [0.05, 0.1) is 11.6 Å². The summed E-state index contributed by atoms with van der Waals surface area (Å²) in [5.41, 5.74) is 1.08. The molecule has 2 rings (SSSR count). The fourth-order valence-corrected chi connectivity index (χ4v) is 2.33. The van der Waals surface area contributed by atoms with Crippen molar-refractivity contribution >= 4 is 39.4 Å². The highest BCUT2D eigenvalue weighted by atomic mass is 79.9. The third-order valence-electron chi connectivity index (χ3n) is 3.06. The number of ether oxygens (including phenoxy) is 1. The van der Waals surface area contributed by atoms with Gasteiger partial charge in [0.2, 0.25) is 0 Å². The van der Waals surface area contributed by atoms with Crippen molar-refractivity contribution in [1.82, 2.24) is 10.3 Å². The fourth-order valence-electron chi connectivity index (χ4n) is 1.87. The zero-order valence-corrected chi connectivity index (χ0v) is 14.6. The Morgan fingerprint density at radius 3 is 2.65 bits per heavy atom. The van der Waals surface area contributed by atoms with E-state index < -0.39 is 11.9 Å². The highest BCUT2D eigenvalue weighted by Crippen LogP contribution is 2.16. The number of aromatic nitrogens is 1. The maximum Gasteiger partial charge on any atom is 0.341 e. The quantitative estimate of drug-likeness (QED) is 0.619. The smallest absolute Gasteiger partial charge is 0.341 e. The third-order valence-corrected chi connectivity index (χ3v) is 3.89. The molecule has 0 aliphatic carbocycles. The van der Waals surface area contributed by atoms with E-state index in [-0.39, 0.29) is 23.4 Å². The van der Waals surface area contributed by atoms with E-state index in [1.807, 2.05) is 31.2 Å². The molecule has 1 aromatic carbocycles. The van der Waals surface area contributed by atoms with E-state index in [2.05, 4.69) is 26.2 Å². The van der Waals surface area contributed by atoms with Crippen LogP contribution in [0.2, 0.25) is 5.15 Å². The number of rotatable bonds is 5. The molecule has 1 unspecified atom stereocenters. The van der Waals surface area contributed by atoms with Crippen LogP contribution in [0.1, 0.15) is 28.9 Å². The topological polar surface area (TPSA) is 68.3 Å². The number of carbonyl (C=O) groups excluding carboxylic acids is 2. The van der Waals surface area contributed by atoms with Crippen molar-refractivity contribution in [3.63, 3.8) is 0 Å². The monoisotopic (exact) mass is 396 g/mol. The largest absolute Gasteiger partial charge is 0.452 e. The number of nitrogens with zero attached hydrogens (tertiary/aromatic N) is 1. The molecule has 1 N–H and O–H groups in total. The highest BCUT2D eigenvalue weighted by Gasteiger charge is 2.15. The van der Waals surface area contributed by atoms with E-state index in [0.717, 1.165) is 10.0 Å². The van der Waals surface area contributed by atoms with E-state index in [1.165, 1.54) is 12.3 Å². The number of amides is 1. The standard InChI is InChI=1S/C16H14BrClN2O3/c1-10(11-4-6-12(17)7-5-11)20-14(21)9-23-16(22)13-3-2-8-19-15(13)18/h2-8,10H,9H2,1H3,(H,20,21). The Balaban J connectivity index is 1.86. The summed E-state index contributed by atoms with van der Waals surface area (Å²) in [7, 11) is 0. The number of halogens is 2. The molecular weight excluding hydrogens is 384 g/mol. The van der Waals surface area contributed by atoms with Crippen molar-refractivity contribution in [3.05, 3.63) is 63.3 Å². The first-order valence-corrected chi connectivity index (χ1v) is 7.97. The van der Waals surface area contributed by atoms with Gasteiger partial charge in [0.1, 0.15) is 5.15 Å². The number of esters is 1. The van der Waals surface area contributed by atoms with Gasteiger partial charge in [-0.25, -0.2) is 9.78 Å². The molecule has 0 saturated heterocycles. The highest BCUT2D eigenvalue weighted by molar-refractivity contribution is 9.10. The molecule has 0 radical (unpaired) electrons. The molecule has 120 valence electrons. The van der Waals surface area contributed by atoms with Crippen LogP contribution < -0.4 is 5.32 Å². The van der Waals surface area contributed by atoms with E-state index in [1.54, 1.807) is 6.07 Å². The molecule has 0 fully saturated rings. The normalized spacial score (nSPS) is 11.6. The van der Waals surface area contributed by atoms with Crippen LogP contribution in [0, 0.1) is 0 Å². The average Bonchev–Trinajstić information content (AvgIpc) is 2.53. The van der Waals surface area contributed by atoms with Crippen molar-refractivity contribution in [2.24, 2.45) is 0 Å². The Hall–Kier alpha value is -1.92. The summed E-state index contributed by atoms with van der Waals surface area (Å²) in [5, 5.41) is 2.80. The summed E-state index contributed by atoms with van der Waals surface area (Å²) in [6.07, 6.45) is 1.46. The van der Waals surface area contributed by atoms with Crippen molar-refractivity contribution in [2.75, 3.05) is 6.61 Å². The third kappa shape index (κ3) is 5.04. The lowest BCUT2D eigenvalue weighted by Crippen LogP contribution is -2.31. The van der Waals surface area contributed by atoms with Crippen LogP contribution >= 0.6 is 27.5 Å². The van der Waals surface area contributed by atoms with E-state index in [4.69, 9.17) is 16.3 Å². The number of benzene rings is 1. The van der Waals surface area contributed by atoms with Gasteiger partial charge in [-0.1, -0.05) is 39.7 Å². The van der Waals surface area contributed by atoms with Gasteiger partial charge in [0.25, 0.3) is 5.91 Å². The van der Waals surface area contributed by atoms with Crippen molar-refractivity contribution in [2.45, 2.75) is 13.0 Å². The second-order valence-electron chi connectivity index (χ2n) is 4.76. The SMILES string of the molecule is CC(NC(=O)COC(=O)c1cccnc1Cl)c1ccc(Br)cc1. The van der Waals surface area contributed by atoms with Crippen molar-refractivity contribution in [3.8, 4) is 0 Å². The van der Waals surface area contributed by atoms with E-state index in [9.17, 15) is 9.59 Å². The van der Waals surface area contributed by atoms with Crippen LogP contribution in [-0.2, 0) is 9.53 Å². The average molecular weight is 398 g/mol. The van der Waals surface area contributed by atoms with E-state index >= 15 is 0 Å². The first-order chi connectivity index (χ1) is 11.0. The number of carbonyl (C=O) groups is 2. The zero-order chi connectivity index (χ0) is 16.8. The maximum absolute atomic E-state index is 11.9. The van der Waals surface area contributed by atoms with Gasteiger partial charge in [-0.15, -0.1) is 0 Å². The van der Waals surface area contributed by atoms with Gasteiger partial charge in [-0.05, 0) is 36.8 Å². The van der Waals surface area contributed by atoms with Crippen LogP contribution in [-0.4, -0.2) is 23.5 Å². The summed E-state index contributed by atoms with van der Waals surface area (Å²) in [6, 6.07) is 10.4. The predicted octanol–water partition coefficient (Wildman–Crippen LogP) is 3.53. The zero-order valence-electron chi connectivity index (χ0n) is 12.3. The Labute approximate surface area is 147 Å². The second kappa shape index (κ2) is 8.08. The Bertz CT molecular complexity index is 707. The van der Waals surface area contributed by atoms with Crippen LogP contribution in [0.5, 0.6) is 0 Å². The lowest BCUT2D eigenvalue weighted by atomic mass is 10.1. The fraction of sp³-hybridized carbons (Fsp3) is 0.188. The molecule has 1 aromatic heterocycles. The predicted molar refractivity (Wildman–Crippen MR) is 90.2 cm³/mol. The van der Waals surface area contributed by atoms with Crippen LogP contribution in [0.15, 0.2) is 47.1 Å². The summed E-state index contributed by atoms with van der Waals surface area (Å²) >= 11 is 9.15. The Kier molecular flexibility index (Phi) is 6.12. The number of hydrogen-bond acceptors (Lipinski definition) is 4. The van der Waals surface area contributed by atoms with Gasteiger partial charge >= 0.3 is 5.97 Å². The van der Waals surface area contributed by atoms with E-state index in [0.29, 0.717) is 0 Å². The molecule has 5 nitrogen and oxygen atoms in total. The minimum atomic E-state index is -0.686. The van der Waals surface area contributed by atoms with Gasteiger partial charge < -0.3 is 10.1 Å². The van der Waals surface area contributed by atoms with Crippen molar-refractivity contribution < 1.29 is 14.3 Å². The minimum absolute atomic E-state index is 0.0427. The number of pyridine rings is 1. The first-order valence-electron chi connectivity index (χ1n) is 6.80. The van der Waals surface area contributed by atoms with Gasteiger partial charge in [-0.2, -0.15) is 0 Å². The van der Waals surface area contributed by atoms with Gasteiger partial charge in [0, 0.05) is 10.7 Å².